The van der Waals surface area contributed by atoms with E-state index in [4.69, 9.17) is 4.99 Å². The van der Waals surface area contributed by atoms with Crippen LogP contribution in [0.2, 0.25) is 0 Å². The van der Waals surface area contributed by atoms with Crippen molar-refractivity contribution in [3.8, 4) is 0 Å². The zero-order valence-corrected chi connectivity index (χ0v) is 14.3. The Bertz CT molecular complexity index is 776. The molecule has 0 aliphatic carbocycles. The summed E-state index contributed by atoms with van der Waals surface area (Å²) in [6.07, 6.45) is 2.84. The first-order chi connectivity index (χ1) is 12.4. The van der Waals surface area contributed by atoms with Crippen LogP contribution in [0.4, 0.5) is 11.4 Å². The van der Waals surface area contributed by atoms with Gasteiger partial charge in [-0.1, -0.05) is 42.5 Å². The SMILES string of the molecule is c1ccc(CCN=NC2=Nc3ccccc3NC23CCNCC3)cc1. The van der Waals surface area contributed by atoms with Gasteiger partial charge >= 0.3 is 0 Å². The van der Waals surface area contributed by atoms with Gasteiger partial charge in [0.15, 0.2) is 5.84 Å². The molecule has 5 nitrogen and oxygen atoms in total. The van der Waals surface area contributed by atoms with Crippen molar-refractivity contribution in [2.45, 2.75) is 24.8 Å². The van der Waals surface area contributed by atoms with Crippen LogP contribution >= 0.6 is 0 Å². The van der Waals surface area contributed by atoms with Crippen LogP contribution in [0.5, 0.6) is 0 Å². The second kappa shape index (κ2) is 7.15. The minimum atomic E-state index is -0.199. The fourth-order valence-electron chi connectivity index (χ4n) is 3.47. The van der Waals surface area contributed by atoms with Crippen LogP contribution in [0.15, 0.2) is 69.8 Å². The number of benzene rings is 2. The van der Waals surface area contributed by atoms with E-state index in [0.29, 0.717) is 6.54 Å². The lowest BCUT2D eigenvalue weighted by Crippen LogP contribution is -2.53. The largest absolute Gasteiger partial charge is 0.371 e. The Morgan fingerprint density at radius 3 is 2.56 bits per heavy atom. The van der Waals surface area contributed by atoms with Crippen molar-refractivity contribution in [1.29, 1.82) is 0 Å². The molecule has 2 aliphatic rings. The third kappa shape index (κ3) is 3.46. The number of nitrogens with one attached hydrogen (secondary N) is 2. The molecule has 1 fully saturated rings. The number of aliphatic imine (C=N–C) groups is 1. The zero-order chi connectivity index (χ0) is 17.0. The number of hydrogen-bond donors (Lipinski definition) is 2. The summed E-state index contributed by atoms with van der Waals surface area (Å²) >= 11 is 0. The number of nitrogens with zero attached hydrogens (tertiary/aromatic N) is 3. The minimum absolute atomic E-state index is 0.199. The van der Waals surface area contributed by atoms with Crippen molar-refractivity contribution in [3.63, 3.8) is 0 Å². The van der Waals surface area contributed by atoms with Crippen LogP contribution in [0.1, 0.15) is 18.4 Å². The van der Waals surface area contributed by atoms with Gasteiger partial charge in [-0.2, -0.15) is 5.11 Å². The summed E-state index contributed by atoms with van der Waals surface area (Å²) in [5.74, 6) is 0.820. The maximum Gasteiger partial charge on any atom is 0.176 e. The summed E-state index contributed by atoms with van der Waals surface area (Å²) in [5, 5.41) is 16.1. The molecule has 128 valence electrons. The smallest absolute Gasteiger partial charge is 0.176 e. The molecule has 4 rings (SSSR count). The van der Waals surface area contributed by atoms with E-state index in [0.717, 1.165) is 49.6 Å². The number of hydrogen-bond acceptors (Lipinski definition) is 5. The van der Waals surface area contributed by atoms with E-state index < -0.39 is 0 Å². The summed E-state index contributed by atoms with van der Waals surface area (Å²) < 4.78 is 0. The first-order valence-corrected chi connectivity index (χ1v) is 8.94. The number of anilines is 1. The average Bonchev–Trinajstić information content (AvgIpc) is 2.67. The van der Waals surface area contributed by atoms with Gasteiger partial charge in [-0.15, -0.1) is 5.11 Å². The standard InChI is InChI=1S/C20H23N5/c1-2-6-16(7-3-1)10-13-22-25-19-20(11-14-21-15-12-20)24-18-9-5-4-8-17(18)23-19/h1-9,21,24H,10-15H2. The maximum absolute atomic E-state index is 4.83. The van der Waals surface area contributed by atoms with Gasteiger partial charge in [0, 0.05) is 0 Å². The van der Waals surface area contributed by atoms with E-state index in [1.54, 1.807) is 0 Å². The lowest BCUT2D eigenvalue weighted by molar-refractivity contribution is 0.417. The van der Waals surface area contributed by atoms with Gasteiger partial charge < -0.3 is 10.6 Å². The summed E-state index contributed by atoms with van der Waals surface area (Å²) in [4.78, 5) is 4.83. The van der Waals surface area contributed by atoms with Crippen LogP contribution in [0, 0.1) is 0 Å². The van der Waals surface area contributed by atoms with Crippen molar-refractivity contribution in [2.75, 3.05) is 25.0 Å². The van der Waals surface area contributed by atoms with Crippen molar-refractivity contribution < 1.29 is 0 Å². The first kappa shape index (κ1) is 16.0. The maximum atomic E-state index is 4.83. The Kier molecular flexibility index (Phi) is 4.57. The lowest BCUT2D eigenvalue weighted by atomic mass is 9.85. The molecule has 5 heteroatoms. The first-order valence-electron chi connectivity index (χ1n) is 8.94. The summed E-state index contributed by atoms with van der Waals surface area (Å²) in [7, 11) is 0. The van der Waals surface area contributed by atoms with Gasteiger partial charge in [-0.3, -0.25) is 0 Å². The zero-order valence-electron chi connectivity index (χ0n) is 14.3. The Labute approximate surface area is 148 Å². The van der Waals surface area contributed by atoms with Crippen LogP contribution in [0.3, 0.4) is 0 Å². The molecule has 0 atom stereocenters. The number of azo groups is 1. The number of fused-ring (bicyclic) bond motifs is 1. The van der Waals surface area contributed by atoms with Crippen molar-refractivity contribution >= 4 is 17.2 Å². The Morgan fingerprint density at radius 2 is 1.72 bits per heavy atom. The molecule has 0 bridgehead atoms. The number of piperidine rings is 1. The number of para-hydroxylation sites is 2. The molecular weight excluding hydrogens is 310 g/mol. The number of amidine groups is 1. The van der Waals surface area contributed by atoms with Gasteiger partial charge in [0.1, 0.15) is 5.54 Å². The predicted molar refractivity (Wildman–Crippen MR) is 102 cm³/mol. The third-order valence-electron chi connectivity index (χ3n) is 4.90. The number of rotatable bonds is 3. The molecular formula is C20H23N5. The molecule has 1 saturated heterocycles. The van der Waals surface area contributed by atoms with E-state index in [1.807, 2.05) is 24.3 Å². The third-order valence-corrected chi connectivity index (χ3v) is 4.90. The van der Waals surface area contributed by atoms with Gasteiger partial charge in [-0.05, 0) is 50.0 Å². The molecule has 2 aromatic carbocycles. The Morgan fingerprint density at radius 1 is 0.960 bits per heavy atom. The molecule has 1 spiro atoms. The van der Waals surface area contributed by atoms with Crippen LogP contribution in [-0.4, -0.2) is 31.0 Å². The predicted octanol–water partition coefficient (Wildman–Crippen LogP) is 3.96. The van der Waals surface area contributed by atoms with E-state index in [-0.39, 0.29) is 5.54 Å². The highest BCUT2D eigenvalue weighted by Crippen LogP contribution is 2.37. The Balaban J connectivity index is 1.54. The lowest BCUT2D eigenvalue weighted by Gasteiger charge is -2.40. The molecule has 0 saturated carbocycles. The van der Waals surface area contributed by atoms with E-state index in [9.17, 15) is 0 Å². The molecule has 0 unspecified atom stereocenters. The molecule has 2 heterocycles. The molecule has 0 amide bonds. The van der Waals surface area contributed by atoms with Crippen LogP contribution in [0.25, 0.3) is 0 Å². The molecule has 0 radical (unpaired) electrons. The normalized spacial score (nSPS) is 18.6. The van der Waals surface area contributed by atoms with Crippen LogP contribution in [-0.2, 0) is 6.42 Å². The second-order valence-corrected chi connectivity index (χ2v) is 6.61. The quantitative estimate of drug-likeness (QED) is 0.835. The van der Waals surface area contributed by atoms with Gasteiger partial charge in [0.05, 0.1) is 17.9 Å². The van der Waals surface area contributed by atoms with Gasteiger partial charge in [-0.25, -0.2) is 4.99 Å². The topological polar surface area (TPSA) is 61.1 Å². The van der Waals surface area contributed by atoms with Crippen molar-refractivity contribution in [2.24, 2.45) is 15.2 Å². The summed E-state index contributed by atoms with van der Waals surface area (Å²) in [5.41, 5.74) is 3.12. The second-order valence-electron chi connectivity index (χ2n) is 6.61. The van der Waals surface area contributed by atoms with E-state index >= 15 is 0 Å². The van der Waals surface area contributed by atoms with Gasteiger partial charge in [0.25, 0.3) is 0 Å². The van der Waals surface area contributed by atoms with E-state index in [2.05, 4.69) is 51.2 Å². The van der Waals surface area contributed by atoms with Crippen molar-refractivity contribution in [3.05, 3.63) is 60.2 Å². The fraction of sp³-hybridized carbons (Fsp3) is 0.350. The Hall–Kier alpha value is -2.53. The molecule has 2 N–H and O–H groups in total. The molecule has 25 heavy (non-hydrogen) atoms. The van der Waals surface area contributed by atoms with Crippen molar-refractivity contribution in [1.82, 2.24) is 5.32 Å². The van der Waals surface area contributed by atoms with Gasteiger partial charge in [0.2, 0.25) is 0 Å². The summed E-state index contributed by atoms with van der Waals surface area (Å²) in [6, 6.07) is 18.6. The summed E-state index contributed by atoms with van der Waals surface area (Å²) in [6.45, 7) is 2.61. The molecule has 2 aromatic rings. The monoisotopic (exact) mass is 333 g/mol. The molecule has 0 aromatic heterocycles. The highest BCUT2D eigenvalue weighted by molar-refractivity contribution is 6.00. The highest BCUT2D eigenvalue weighted by atomic mass is 15.2. The average molecular weight is 333 g/mol. The van der Waals surface area contributed by atoms with E-state index in [1.165, 1.54) is 5.56 Å². The highest BCUT2D eigenvalue weighted by Gasteiger charge is 2.40. The van der Waals surface area contributed by atoms with Crippen LogP contribution < -0.4 is 10.6 Å². The molecule has 2 aliphatic heterocycles. The fourth-order valence-corrected chi connectivity index (χ4v) is 3.47. The minimum Gasteiger partial charge on any atom is -0.371 e.